The smallest absolute Gasteiger partial charge is 0.164 e. The van der Waals surface area contributed by atoms with Crippen molar-refractivity contribution in [3.05, 3.63) is 48.0 Å². The third kappa shape index (κ3) is 2.59. The Hall–Kier alpha value is -1.68. The summed E-state index contributed by atoms with van der Waals surface area (Å²) in [6, 6.07) is 11.1. The third-order valence-electron chi connectivity index (χ3n) is 3.38. The van der Waals surface area contributed by atoms with Crippen LogP contribution in [0.5, 0.6) is 0 Å². The maximum Gasteiger partial charge on any atom is 0.164 e. The quantitative estimate of drug-likeness (QED) is 0.872. The molecule has 1 atom stereocenters. The summed E-state index contributed by atoms with van der Waals surface area (Å²) in [5, 5.41) is 7.89. The largest absolute Gasteiger partial charge is 0.303 e. The van der Waals surface area contributed by atoms with E-state index in [9.17, 15) is 0 Å². The molecule has 1 N–H and O–H groups in total. The number of hydrogen-bond acceptors (Lipinski definition) is 3. The van der Waals surface area contributed by atoms with Crippen molar-refractivity contribution < 1.29 is 0 Å². The molecule has 1 fully saturated rings. The maximum absolute atomic E-state index is 4.30. The van der Waals surface area contributed by atoms with Crippen LogP contribution in [0.3, 0.4) is 0 Å². The first-order valence-electron chi connectivity index (χ1n) is 6.46. The molecule has 1 unspecified atom stereocenters. The summed E-state index contributed by atoms with van der Waals surface area (Å²) in [5.74, 6) is 1.63. The fraction of sp³-hybridized carbons (Fsp3) is 0.429. The minimum absolute atomic E-state index is 0.440. The fourth-order valence-electron chi connectivity index (χ4n) is 2.31. The number of nitrogens with one attached hydrogen (secondary N) is 1. The SMILES string of the molecule is Cn1cnc(CNC(c2ccccc2)C2CC2)n1. The van der Waals surface area contributed by atoms with E-state index in [1.807, 2.05) is 7.05 Å². The Morgan fingerprint density at radius 1 is 1.33 bits per heavy atom. The molecule has 0 saturated heterocycles. The van der Waals surface area contributed by atoms with Gasteiger partial charge in [0, 0.05) is 13.1 Å². The van der Waals surface area contributed by atoms with Crippen molar-refractivity contribution in [1.82, 2.24) is 20.1 Å². The number of rotatable bonds is 5. The first-order valence-corrected chi connectivity index (χ1v) is 6.46. The highest BCUT2D eigenvalue weighted by molar-refractivity contribution is 5.21. The van der Waals surface area contributed by atoms with Crippen molar-refractivity contribution in [3.8, 4) is 0 Å². The minimum atomic E-state index is 0.440. The summed E-state index contributed by atoms with van der Waals surface area (Å²) in [6.07, 6.45) is 4.38. The highest BCUT2D eigenvalue weighted by Crippen LogP contribution is 2.40. The molecule has 1 aliphatic carbocycles. The van der Waals surface area contributed by atoms with Crippen LogP contribution in [0.4, 0.5) is 0 Å². The lowest BCUT2D eigenvalue weighted by Gasteiger charge is -2.17. The number of aryl methyl sites for hydroxylation is 1. The van der Waals surface area contributed by atoms with Crippen molar-refractivity contribution in [1.29, 1.82) is 0 Å². The van der Waals surface area contributed by atoms with Crippen LogP contribution in [0.25, 0.3) is 0 Å². The normalized spacial score (nSPS) is 16.7. The molecular formula is C14H18N4. The van der Waals surface area contributed by atoms with Crippen molar-refractivity contribution in [3.63, 3.8) is 0 Å². The zero-order valence-corrected chi connectivity index (χ0v) is 10.6. The summed E-state index contributed by atoms with van der Waals surface area (Å²) in [5.41, 5.74) is 1.37. The lowest BCUT2D eigenvalue weighted by atomic mass is 10.0. The van der Waals surface area contributed by atoms with Crippen LogP contribution in [-0.4, -0.2) is 14.8 Å². The van der Waals surface area contributed by atoms with Gasteiger partial charge in [0.15, 0.2) is 5.82 Å². The van der Waals surface area contributed by atoms with Crippen LogP contribution in [0.1, 0.15) is 30.3 Å². The van der Waals surface area contributed by atoms with Crippen LogP contribution in [0.2, 0.25) is 0 Å². The van der Waals surface area contributed by atoms with Gasteiger partial charge in [-0.15, -0.1) is 0 Å². The van der Waals surface area contributed by atoms with E-state index >= 15 is 0 Å². The van der Waals surface area contributed by atoms with E-state index in [0.29, 0.717) is 6.04 Å². The Balaban J connectivity index is 1.68. The highest BCUT2D eigenvalue weighted by Gasteiger charge is 2.31. The predicted molar refractivity (Wildman–Crippen MR) is 69.7 cm³/mol. The monoisotopic (exact) mass is 242 g/mol. The summed E-state index contributed by atoms with van der Waals surface area (Å²) < 4.78 is 1.74. The van der Waals surface area contributed by atoms with E-state index in [1.165, 1.54) is 18.4 Å². The average molecular weight is 242 g/mol. The van der Waals surface area contributed by atoms with Crippen LogP contribution in [0.15, 0.2) is 36.7 Å². The standard InChI is InChI=1S/C14H18N4/c1-18-10-16-13(17-18)9-15-14(12-7-8-12)11-5-3-2-4-6-11/h2-6,10,12,14-15H,7-9H2,1H3. The van der Waals surface area contributed by atoms with Crippen molar-refractivity contribution >= 4 is 0 Å². The summed E-state index contributed by atoms with van der Waals surface area (Å²) in [7, 11) is 1.89. The van der Waals surface area contributed by atoms with E-state index in [1.54, 1.807) is 11.0 Å². The van der Waals surface area contributed by atoms with E-state index in [0.717, 1.165) is 18.3 Å². The van der Waals surface area contributed by atoms with Gasteiger partial charge in [-0.2, -0.15) is 5.10 Å². The highest BCUT2D eigenvalue weighted by atomic mass is 15.3. The van der Waals surface area contributed by atoms with Gasteiger partial charge in [0.05, 0.1) is 6.54 Å². The van der Waals surface area contributed by atoms with Gasteiger partial charge in [-0.25, -0.2) is 4.98 Å². The molecule has 1 heterocycles. The Morgan fingerprint density at radius 2 is 2.11 bits per heavy atom. The van der Waals surface area contributed by atoms with Gasteiger partial charge in [0.1, 0.15) is 6.33 Å². The van der Waals surface area contributed by atoms with E-state index < -0.39 is 0 Å². The first-order chi connectivity index (χ1) is 8.83. The van der Waals surface area contributed by atoms with E-state index in [4.69, 9.17) is 0 Å². The molecular weight excluding hydrogens is 224 g/mol. The summed E-state index contributed by atoms with van der Waals surface area (Å²) in [6.45, 7) is 0.733. The van der Waals surface area contributed by atoms with Crippen molar-refractivity contribution in [2.75, 3.05) is 0 Å². The Kier molecular flexibility index (Phi) is 3.11. The molecule has 4 nitrogen and oxygen atoms in total. The molecule has 2 aromatic rings. The Morgan fingerprint density at radius 3 is 2.72 bits per heavy atom. The lowest BCUT2D eigenvalue weighted by Crippen LogP contribution is -2.23. The Bertz CT molecular complexity index is 502. The molecule has 1 saturated carbocycles. The predicted octanol–water partition coefficient (Wildman–Crippen LogP) is 2.06. The number of nitrogens with zero attached hydrogens (tertiary/aromatic N) is 3. The molecule has 1 aliphatic rings. The fourth-order valence-corrected chi connectivity index (χ4v) is 2.31. The molecule has 0 spiro atoms. The summed E-state index contributed by atoms with van der Waals surface area (Å²) >= 11 is 0. The second kappa shape index (κ2) is 4.90. The van der Waals surface area contributed by atoms with Crippen LogP contribution < -0.4 is 5.32 Å². The van der Waals surface area contributed by atoms with Gasteiger partial charge in [0.25, 0.3) is 0 Å². The molecule has 0 aliphatic heterocycles. The lowest BCUT2D eigenvalue weighted by molar-refractivity contribution is 0.471. The molecule has 1 aromatic carbocycles. The molecule has 94 valence electrons. The Labute approximate surface area is 107 Å². The van der Waals surface area contributed by atoms with Crippen LogP contribution >= 0.6 is 0 Å². The van der Waals surface area contributed by atoms with Gasteiger partial charge in [-0.3, -0.25) is 4.68 Å². The van der Waals surface area contributed by atoms with Gasteiger partial charge < -0.3 is 5.32 Å². The average Bonchev–Trinajstić information content (AvgIpc) is 3.14. The molecule has 18 heavy (non-hydrogen) atoms. The van der Waals surface area contributed by atoms with Crippen LogP contribution in [-0.2, 0) is 13.6 Å². The van der Waals surface area contributed by atoms with E-state index in [2.05, 4.69) is 45.7 Å². The number of hydrogen-bond donors (Lipinski definition) is 1. The zero-order valence-electron chi connectivity index (χ0n) is 10.6. The minimum Gasteiger partial charge on any atom is -0.303 e. The third-order valence-corrected chi connectivity index (χ3v) is 3.38. The zero-order chi connectivity index (χ0) is 12.4. The number of benzene rings is 1. The molecule has 4 heteroatoms. The first kappa shape index (κ1) is 11.4. The number of aromatic nitrogens is 3. The second-order valence-electron chi connectivity index (χ2n) is 4.94. The van der Waals surface area contributed by atoms with Gasteiger partial charge in [-0.1, -0.05) is 30.3 Å². The van der Waals surface area contributed by atoms with Crippen molar-refractivity contribution in [2.24, 2.45) is 13.0 Å². The maximum atomic E-state index is 4.30. The summed E-state index contributed by atoms with van der Waals surface area (Å²) in [4.78, 5) is 4.25. The molecule has 3 rings (SSSR count). The van der Waals surface area contributed by atoms with Gasteiger partial charge in [0.2, 0.25) is 0 Å². The van der Waals surface area contributed by atoms with E-state index in [-0.39, 0.29) is 0 Å². The molecule has 1 aromatic heterocycles. The topological polar surface area (TPSA) is 42.7 Å². The van der Waals surface area contributed by atoms with Crippen LogP contribution in [0, 0.1) is 5.92 Å². The molecule has 0 bridgehead atoms. The van der Waals surface area contributed by atoms with Crippen molar-refractivity contribution in [2.45, 2.75) is 25.4 Å². The van der Waals surface area contributed by atoms with Gasteiger partial charge >= 0.3 is 0 Å². The molecule has 0 radical (unpaired) electrons. The molecule has 0 amide bonds. The second-order valence-corrected chi connectivity index (χ2v) is 4.94. The van der Waals surface area contributed by atoms with Gasteiger partial charge in [-0.05, 0) is 24.3 Å².